The Morgan fingerprint density at radius 2 is 1.95 bits per heavy atom. The molecular formula is C13H10NO5-. The lowest BCUT2D eigenvalue weighted by Gasteiger charge is -2.08. The average Bonchev–Trinajstić information content (AvgIpc) is 2.92. The highest BCUT2D eigenvalue weighted by atomic mass is 16.5. The first-order valence-electron chi connectivity index (χ1n) is 5.43. The molecule has 0 fully saturated rings. The standard InChI is InChI=1S/C13H11NO5/c15-12(16)8-19-10-5-3-9(4-6-10)14-13(17)11-2-1-7-18-11/h1-7H,8H2,(H,14,17)(H,15,16)/p-1. The lowest BCUT2D eigenvalue weighted by molar-refractivity contribution is -0.307. The minimum atomic E-state index is -1.30. The topological polar surface area (TPSA) is 91.6 Å². The van der Waals surface area contributed by atoms with Gasteiger partial charge in [0.1, 0.15) is 12.4 Å². The number of nitrogens with one attached hydrogen (secondary N) is 1. The van der Waals surface area contributed by atoms with E-state index in [-0.39, 0.29) is 11.7 Å². The molecule has 0 atom stereocenters. The van der Waals surface area contributed by atoms with Crippen molar-refractivity contribution in [3.63, 3.8) is 0 Å². The second kappa shape index (κ2) is 5.72. The number of carbonyl (C=O) groups excluding carboxylic acids is 2. The van der Waals surface area contributed by atoms with Crippen LogP contribution in [0.5, 0.6) is 5.75 Å². The predicted octanol–water partition coefficient (Wildman–Crippen LogP) is 0.661. The molecule has 1 aromatic carbocycles. The zero-order chi connectivity index (χ0) is 13.7. The van der Waals surface area contributed by atoms with Crippen molar-refractivity contribution in [3.8, 4) is 5.75 Å². The number of carboxylic acids is 1. The van der Waals surface area contributed by atoms with Crippen LogP contribution in [0, 0.1) is 0 Å². The molecule has 19 heavy (non-hydrogen) atoms. The number of hydrogen-bond acceptors (Lipinski definition) is 5. The largest absolute Gasteiger partial charge is 0.546 e. The number of rotatable bonds is 5. The van der Waals surface area contributed by atoms with Gasteiger partial charge in [-0.05, 0) is 36.4 Å². The van der Waals surface area contributed by atoms with Crippen LogP contribution in [-0.2, 0) is 4.79 Å². The number of anilines is 1. The normalized spacial score (nSPS) is 9.89. The Morgan fingerprint density at radius 3 is 2.53 bits per heavy atom. The van der Waals surface area contributed by atoms with Gasteiger partial charge in [0.15, 0.2) is 5.76 Å². The average molecular weight is 260 g/mol. The van der Waals surface area contributed by atoms with Gasteiger partial charge in [0.25, 0.3) is 5.91 Å². The molecule has 1 N–H and O–H groups in total. The van der Waals surface area contributed by atoms with Gasteiger partial charge in [0, 0.05) is 5.69 Å². The number of hydrogen-bond donors (Lipinski definition) is 1. The quantitative estimate of drug-likeness (QED) is 0.852. The van der Waals surface area contributed by atoms with Gasteiger partial charge in [0.05, 0.1) is 12.2 Å². The first kappa shape index (κ1) is 12.7. The molecule has 6 heteroatoms. The van der Waals surface area contributed by atoms with Crippen LogP contribution in [0.2, 0.25) is 0 Å². The third-order valence-electron chi connectivity index (χ3n) is 2.21. The van der Waals surface area contributed by atoms with E-state index in [2.05, 4.69) is 5.32 Å². The maximum atomic E-state index is 11.7. The zero-order valence-electron chi connectivity index (χ0n) is 9.79. The Balaban J connectivity index is 1.95. The highest BCUT2D eigenvalue weighted by Crippen LogP contribution is 2.16. The molecule has 0 bridgehead atoms. The van der Waals surface area contributed by atoms with Crippen LogP contribution in [0.3, 0.4) is 0 Å². The van der Waals surface area contributed by atoms with Gasteiger partial charge in [-0.25, -0.2) is 0 Å². The molecule has 0 aliphatic carbocycles. The number of amides is 1. The Bertz CT molecular complexity index is 559. The number of furan rings is 1. The summed E-state index contributed by atoms with van der Waals surface area (Å²) in [5, 5.41) is 12.8. The van der Waals surface area contributed by atoms with Crippen molar-refractivity contribution in [1.29, 1.82) is 0 Å². The smallest absolute Gasteiger partial charge is 0.291 e. The van der Waals surface area contributed by atoms with Gasteiger partial charge in [-0.1, -0.05) is 0 Å². The van der Waals surface area contributed by atoms with Crippen LogP contribution in [0.4, 0.5) is 5.69 Å². The summed E-state index contributed by atoms with van der Waals surface area (Å²) in [5.41, 5.74) is 0.544. The van der Waals surface area contributed by atoms with Gasteiger partial charge in [0.2, 0.25) is 0 Å². The number of aliphatic carboxylic acids is 1. The van der Waals surface area contributed by atoms with Crippen molar-refractivity contribution < 1.29 is 23.8 Å². The van der Waals surface area contributed by atoms with Gasteiger partial charge in [-0.15, -0.1) is 0 Å². The number of benzene rings is 1. The summed E-state index contributed by atoms with van der Waals surface area (Å²) < 4.78 is 9.85. The summed E-state index contributed by atoms with van der Waals surface area (Å²) in [7, 11) is 0. The molecule has 0 saturated heterocycles. The molecule has 1 aromatic heterocycles. The van der Waals surface area contributed by atoms with E-state index in [9.17, 15) is 14.7 Å². The molecule has 2 aromatic rings. The summed E-state index contributed by atoms with van der Waals surface area (Å²) in [6.07, 6.45) is 1.41. The molecule has 0 saturated carbocycles. The summed E-state index contributed by atoms with van der Waals surface area (Å²) in [5.74, 6) is -1.08. The van der Waals surface area contributed by atoms with Gasteiger partial charge in [-0.2, -0.15) is 0 Å². The molecular weight excluding hydrogens is 250 g/mol. The monoisotopic (exact) mass is 260 g/mol. The van der Waals surface area contributed by atoms with Crippen LogP contribution in [0.1, 0.15) is 10.6 Å². The summed E-state index contributed by atoms with van der Waals surface area (Å²) in [4.78, 5) is 21.9. The van der Waals surface area contributed by atoms with Gasteiger partial charge in [-0.3, -0.25) is 4.79 Å². The molecule has 0 radical (unpaired) electrons. The van der Waals surface area contributed by atoms with E-state index in [1.165, 1.54) is 6.26 Å². The molecule has 0 spiro atoms. The lowest BCUT2D eigenvalue weighted by atomic mass is 10.3. The van der Waals surface area contributed by atoms with Crippen LogP contribution in [-0.4, -0.2) is 18.5 Å². The Morgan fingerprint density at radius 1 is 1.21 bits per heavy atom. The summed E-state index contributed by atoms with van der Waals surface area (Å²) in [6, 6.07) is 9.43. The molecule has 1 amide bonds. The fourth-order valence-electron chi connectivity index (χ4n) is 1.38. The third-order valence-corrected chi connectivity index (χ3v) is 2.21. The molecule has 0 aliphatic heterocycles. The highest BCUT2D eigenvalue weighted by Gasteiger charge is 2.08. The second-order valence-electron chi connectivity index (χ2n) is 3.62. The minimum absolute atomic E-state index is 0.206. The SMILES string of the molecule is O=C([O-])COc1ccc(NC(=O)c2ccco2)cc1. The maximum absolute atomic E-state index is 11.7. The Hall–Kier alpha value is -2.76. The lowest BCUT2D eigenvalue weighted by Crippen LogP contribution is -2.28. The van der Waals surface area contributed by atoms with Crippen molar-refractivity contribution >= 4 is 17.6 Å². The van der Waals surface area contributed by atoms with Gasteiger partial charge >= 0.3 is 0 Å². The molecule has 1 heterocycles. The first-order chi connectivity index (χ1) is 9.15. The van der Waals surface area contributed by atoms with Gasteiger partial charge < -0.3 is 24.4 Å². The zero-order valence-corrected chi connectivity index (χ0v) is 9.79. The van der Waals surface area contributed by atoms with Crippen molar-refractivity contribution in [2.45, 2.75) is 0 Å². The van der Waals surface area contributed by atoms with Crippen molar-refractivity contribution in [2.75, 3.05) is 11.9 Å². The molecule has 0 unspecified atom stereocenters. The maximum Gasteiger partial charge on any atom is 0.291 e. The Labute approximate surface area is 108 Å². The van der Waals surface area contributed by atoms with Crippen molar-refractivity contribution in [3.05, 3.63) is 48.4 Å². The van der Waals surface area contributed by atoms with E-state index < -0.39 is 12.6 Å². The second-order valence-corrected chi connectivity index (χ2v) is 3.62. The highest BCUT2D eigenvalue weighted by molar-refractivity contribution is 6.02. The van der Waals surface area contributed by atoms with E-state index in [1.807, 2.05) is 0 Å². The van der Waals surface area contributed by atoms with Crippen LogP contribution in [0.15, 0.2) is 47.1 Å². The summed E-state index contributed by atoms with van der Waals surface area (Å²) >= 11 is 0. The van der Waals surface area contributed by atoms with Crippen molar-refractivity contribution in [2.24, 2.45) is 0 Å². The van der Waals surface area contributed by atoms with E-state index in [0.29, 0.717) is 11.4 Å². The first-order valence-corrected chi connectivity index (χ1v) is 5.43. The van der Waals surface area contributed by atoms with E-state index in [1.54, 1.807) is 36.4 Å². The molecule has 98 valence electrons. The minimum Gasteiger partial charge on any atom is -0.546 e. The van der Waals surface area contributed by atoms with E-state index >= 15 is 0 Å². The molecule has 2 rings (SSSR count). The van der Waals surface area contributed by atoms with E-state index in [0.717, 1.165) is 0 Å². The number of carboxylic acid groups (broad SMARTS) is 1. The van der Waals surface area contributed by atoms with E-state index in [4.69, 9.17) is 9.15 Å². The number of carbonyl (C=O) groups is 2. The molecule has 0 aliphatic rings. The fourth-order valence-corrected chi connectivity index (χ4v) is 1.38. The van der Waals surface area contributed by atoms with Crippen LogP contribution >= 0.6 is 0 Å². The molecule has 6 nitrogen and oxygen atoms in total. The van der Waals surface area contributed by atoms with Crippen LogP contribution < -0.4 is 15.2 Å². The number of ether oxygens (including phenoxy) is 1. The third kappa shape index (κ3) is 3.60. The van der Waals surface area contributed by atoms with Crippen molar-refractivity contribution in [1.82, 2.24) is 0 Å². The van der Waals surface area contributed by atoms with Crippen LogP contribution in [0.25, 0.3) is 0 Å². The predicted molar refractivity (Wildman–Crippen MR) is 63.6 cm³/mol. The summed E-state index contributed by atoms with van der Waals surface area (Å²) in [6.45, 7) is -0.516. The Kier molecular flexibility index (Phi) is 3.82. The fraction of sp³-hybridized carbons (Fsp3) is 0.0769.